The minimum absolute atomic E-state index is 0.0228. The Kier molecular flexibility index (Phi) is 4.01. The van der Waals surface area contributed by atoms with Crippen LogP contribution < -0.4 is 5.56 Å². The molecule has 3 aromatic rings. The Labute approximate surface area is 136 Å². The molecule has 0 aliphatic carbocycles. The van der Waals surface area contributed by atoms with Crippen molar-refractivity contribution in [1.82, 2.24) is 4.57 Å². The number of benzene rings is 2. The maximum Gasteiger partial charge on any atom is 0.261 e. The fourth-order valence-corrected chi connectivity index (χ4v) is 2.95. The van der Waals surface area contributed by atoms with Gasteiger partial charge in [0, 0.05) is 29.7 Å². The maximum absolute atomic E-state index is 14.2. The maximum atomic E-state index is 14.2. The van der Waals surface area contributed by atoms with Gasteiger partial charge in [0.2, 0.25) is 0 Å². The van der Waals surface area contributed by atoms with E-state index in [-0.39, 0.29) is 11.8 Å². The Hall–Kier alpha value is -2.46. The number of nitrogens with zero attached hydrogens (tertiary/aromatic N) is 1. The second-order valence-electron chi connectivity index (χ2n) is 5.23. The van der Waals surface area contributed by atoms with Gasteiger partial charge in [0.15, 0.2) is 0 Å². The summed E-state index contributed by atoms with van der Waals surface area (Å²) in [5, 5.41) is 1.09. The monoisotopic (exact) mass is 329 g/mol. The molecule has 116 valence electrons. The largest absolute Gasteiger partial charge is 0.314 e. The summed E-state index contributed by atoms with van der Waals surface area (Å²) in [4.78, 5) is 23.5. The molecule has 0 spiro atoms. The summed E-state index contributed by atoms with van der Waals surface area (Å²) in [6, 6.07) is 11.5. The van der Waals surface area contributed by atoms with Crippen LogP contribution in [0.3, 0.4) is 0 Å². The number of carbonyl (C=O) groups is 1. The van der Waals surface area contributed by atoms with Crippen molar-refractivity contribution in [2.24, 2.45) is 7.05 Å². The third kappa shape index (κ3) is 2.55. The molecule has 23 heavy (non-hydrogen) atoms. The predicted octanol–water partition coefficient (Wildman–Crippen LogP) is 3.74. The average molecular weight is 330 g/mol. The quantitative estimate of drug-likeness (QED) is 0.687. The van der Waals surface area contributed by atoms with Gasteiger partial charge in [-0.3, -0.25) is 4.79 Å². The third-order valence-electron chi connectivity index (χ3n) is 3.90. The van der Waals surface area contributed by atoms with E-state index in [0.717, 1.165) is 11.8 Å². The van der Waals surface area contributed by atoms with Crippen molar-refractivity contribution in [3.05, 3.63) is 69.4 Å². The molecule has 0 fully saturated rings. The number of carbonyl (C=O) groups excluding carboxylic acids is 1. The lowest BCUT2D eigenvalue weighted by atomic mass is 9.95. The predicted molar refractivity (Wildman–Crippen MR) is 89.4 cm³/mol. The summed E-state index contributed by atoms with van der Waals surface area (Å²) in [6.45, 7) is 0. The molecule has 0 saturated carbocycles. The molecule has 0 amide bonds. The Morgan fingerprint density at radius 3 is 2.52 bits per heavy atom. The van der Waals surface area contributed by atoms with Gasteiger partial charge in [-0.15, -0.1) is 0 Å². The second-order valence-corrected chi connectivity index (χ2v) is 5.66. The van der Waals surface area contributed by atoms with Crippen LogP contribution >= 0.6 is 11.6 Å². The topological polar surface area (TPSA) is 39.1 Å². The minimum Gasteiger partial charge on any atom is -0.314 e. The van der Waals surface area contributed by atoms with Crippen molar-refractivity contribution in [3.8, 4) is 11.1 Å². The van der Waals surface area contributed by atoms with E-state index in [1.165, 1.54) is 10.6 Å². The van der Waals surface area contributed by atoms with Crippen LogP contribution in [0.15, 0.2) is 47.3 Å². The molecule has 0 bridgehead atoms. The summed E-state index contributed by atoms with van der Waals surface area (Å²) in [7, 11) is 1.55. The highest BCUT2D eigenvalue weighted by atomic mass is 35.5. The number of pyridine rings is 1. The van der Waals surface area contributed by atoms with Crippen molar-refractivity contribution in [2.75, 3.05) is 0 Å². The molecule has 0 radical (unpaired) electrons. The highest BCUT2D eigenvalue weighted by molar-refractivity contribution is 6.30. The average Bonchev–Trinajstić information content (AvgIpc) is 2.54. The van der Waals surface area contributed by atoms with Crippen LogP contribution in [-0.2, 0) is 18.3 Å². The van der Waals surface area contributed by atoms with Gasteiger partial charge in [0.1, 0.15) is 12.1 Å². The van der Waals surface area contributed by atoms with Crippen LogP contribution in [0, 0.1) is 5.82 Å². The minimum atomic E-state index is -0.573. The summed E-state index contributed by atoms with van der Waals surface area (Å²) < 4.78 is 15.5. The molecule has 0 aliphatic heterocycles. The summed E-state index contributed by atoms with van der Waals surface area (Å²) in [5.41, 5.74) is 1.54. The number of hydrogen-bond donors (Lipinski definition) is 0. The third-order valence-corrected chi connectivity index (χ3v) is 4.16. The SMILES string of the molecule is Cn1c(CC=O)c(-c2ccc(Cl)cc2)c2cccc(F)c2c1=O. The van der Waals surface area contributed by atoms with E-state index in [0.29, 0.717) is 21.7 Å². The van der Waals surface area contributed by atoms with Crippen LogP contribution in [0.5, 0.6) is 0 Å². The second kappa shape index (κ2) is 5.97. The first-order valence-corrected chi connectivity index (χ1v) is 7.42. The molecule has 0 aliphatic rings. The van der Waals surface area contributed by atoms with Crippen molar-refractivity contribution in [1.29, 1.82) is 0 Å². The number of hydrogen-bond acceptors (Lipinski definition) is 2. The molecule has 0 saturated heterocycles. The van der Waals surface area contributed by atoms with Crippen molar-refractivity contribution in [2.45, 2.75) is 6.42 Å². The van der Waals surface area contributed by atoms with Gasteiger partial charge in [-0.1, -0.05) is 35.9 Å². The van der Waals surface area contributed by atoms with Gasteiger partial charge >= 0.3 is 0 Å². The van der Waals surface area contributed by atoms with E-state index in [4.69, 9.17) is 11.6 Å². The fraction of sp³-hybridized carbons (Fsp3) is 0.111. The van der Waals surface area contributed by atoms with E-state index in [1.54, 1.807) is 43.4 Å². The lowest BCUT2D eigenvalue weighted by Gasteiger charge is -2.16. The number of halogens is 2. The van der Waals surface area contributed by atoms with Gasteiger partial charge in [-0.2, -0.15) is 0 Å². The Morgan fingerprint density at radius 1 is 1.17 bits per heavy atom. The molecule has 0 N–H and O–H groups in total. The lowest BCUT2D eigenvalue weighted by molar-refractivity contribution is -0.107. The van der Waals surface area contributed by atoms with E-state index in [1.807, 2.05) is 0 Å². The highest BCUT2D eigenvalue weighted by Gasteiger charge is 2.18. The van der Waals surface area contributed by atoms with Crippen LogP contribution in [-0.4, -0.2) is 10.9 Å². The van der Waals surface area contributed by atoms with Crippen molar-refractivity contribution in [3.63, 3.8) is 0 Å². The summed E-state index contributed by atoms with van der Waals surface area (Å²) >= 11 is 5.93. The van der Waals surface area contributed by atoms with Gasteiger partial charge in [0.05, 0.1) is 5.39 Å². The van der Waals surface area contributed by atoms with E-state index < -0.39 is 11.4 Å². The van der Waals surface area contributed by atoms with Crippen LogP contribution in [0.1, 0.15) is 5.69 Å². The Balaban J connectivity index is 2.51. The lowest BCUT2D eigenvalue weighted by Crippen LogP contribution is -2.23. The first-order chi connectivity index (χ1) is 11.0. The van der Waals surface area contributed by atoms with Crippen LogP contribution in [0.25, 0.3) is 21.9 Å². The number of rotatable bonds is 3. The van der Waals surface area contributed by atoms with Crippen LogP contribution in [0.4, 0.5) is 4.39 Å². The van der Waals surface area contributed by atoms with E-state index in [2.05, 4.69) is 0 Å². The number of fused-ring (bicyclic) bond motifs is 1. The molecule has 1 aromatic heterocycles. The molecule has 3 rings (SSSR count). The molecule has 1 heterocycles. The molecular weight excluding hydrogens is 317 g/mol. The summed E-state index contributed by atoms with van der Waals surface area (Å²) in [6.07, 6.45) is 0.801. The smallest absolute Gasteiger partial charge is 0.261 e. The van der Waals surface area contributed by atoms with Gasteiger partial charge in [-0.25, -0.2) is 4.39 Å². The first kappa shape index (κ1) is 15.4. The van der Waals surface area contributed by atoms with Gasteiger partial charge in [-0.05, 0) is 29.1 Å². The van der Waals surface area contributed by atoms with E-state index in [9.17, 15) is 14.0 Å². The zero-order chi connectivity index (χ0) is 16.6. The zero-order valence-corrected chi connectivity index (χ0v) is 13.1. The van der Waals surface area contributed by atoms with Crippen LogP contribution in [0.2, 0.25) is 5.02 Å². The zero-order valence-electron chi connectivity index (χ0n) is 12.3. The Bertz CT molecular complexity index is 961. The number of aromatic nitrogens is 1. The normalized spacial score (nSPS) is 10.9. The molecule has 3 nitrogen and oxygen atoms in total. The fourth-order valence-electron chi connectivity index (χ4n) is 2.82. The van der Waals surface area contributed by atoms with Gasteiger partial charge < -0.3 is 9.36 Å². The molecule has 0 unspecified atom stereocenters. The number of aldehydes is 1. The molecule has 0 atom stereocenters. The molecule has 2 aromatic carbocycles. The Morgan fingerprint density at radius 2 is 1.87 bits per heavy atom. The standard InChI is InChI=1S/C18H13ClFNO2/c1-21-15(9-10-22)16(11-5-7-12(19)8-6-11)13-3-2-4-14(20)17(13)18(21)23/h2-8,10H,9H2,1H3. The van der Waals surface area contributed by atoms with E-state index >= 15 is 0 Å². The first-order valence-electron chi connectivity index (χ1n) is 7.04. The highest BCUT2D eigenvalue weighted by Crippen LogP contribution is 2.32. The molecular formula is C18H13ClFNO2. The molecule has 5 heteroatoms. The van der Waals surface area contributed by atoms with Crippen molar-refractivity contribution >= 4 is 28.7 Å². The van der Waals surface area contributed by atoms with Crippen molar-refractivity contribution < 1.29 is 9.18 Å². The summed E-state index contributed by atoms with van der Waals surface area (Å²) in [5.74, 6) is -0.573. The van der Waals surface area contributed by atoms with Gasteiger partial charge in [0.25, 0.3) is 5.56 Å².